The molecule has 0 bridgehead atoms. The Bertz CT molecular complexity index is 744. The third-order valence-corrected chi connectivity index (χ3v) is 4.88. The zero-order valence-corrected chi connectivity index (χ0v) is 15.7. The van der Waals surface area contributed by atoms with Crippen molar-refractivity contribution in [2.45, 2.75) is 6.54 Å². The maximum absolute atomic E-state index is 12.2. The molecule has 2 N–H and O–H groups in total. The number of nitrogens with zero attached hydrogens (tertiary/aromatic N) is 2. The molecule has 6 heteroatoms. The first-order chi connectivity index (χ1) is 13.2. The number of piperazine rings is 1. The van der Waals surface area contributed by atoms with E-state index in [9.17, 15) is 9.90 Å². The lowest BCUT2D eigenvalue weighted by Crippen LogP contribution is -2.48. The number of hydrogen-bond acceptors (Lipinski definition) is 5. The zero-order valence-electron chi connectivity index (χ0n) is 15.7. The number of phenols is 1. The molecule has 27 heavy (non-hydrogen) atoms. The van der Waals surface area contributed by atoms with Crippen LogP contribution in [0.1, 0.15) is 15.9 Å². The summed E-state index contributed by atoms with van der Waals surface area (Å²) >= 11 is 0. The second kappa shape index (κ2) is 9.39. The molecule has 0 radical (unpaired) electrons. The van der Waals surface area contributed by atoms with Crippen molar-refractivity contribution in [3.8, 4) is 11.5 Å². The molecular weight excluding hydrogens is 342 g/mol. The van der Waals surface area contributed by atoms with E-state index in [1.807, 2.05) is 6.07 Å². The number of hydrogen-bond donors (Lipinski definition) is 2. The van der Waals surface area contributed by atoms with Gasteiger partial charge >= 0.3 is 0 Å². The third kappa shape index (κ3) is 5.45. The number of ether oxygens (including phenoxy) is 1. The summed E-state index contributed by atoms with van der Waals surface area (Å²) in [6.07, 6.45) is 0. The fourth-order valence-corrected chi connectivity index (χ4v) is 3.27. The van der Waals surface area contributed by atoms with E-state index in [0.29, 0.717) is 12.3 Å². The number of rotatable bonds is 7. The molecule has 1 saturated heterocycles. The van der Waals surface area contributed by atoms with Crippen LogP contribution in [0, 0.1) is 0 Å². The van der Waals surface area contributed by atoms with Gasteiger partial charge in [-0.25, -0.2) is 0 Å². The van der Waals surface area contributed by atoms with E-state index < -0.39 is 0 Å². The van der Waals surface area contributed by atoms with Crippen LogP contribution in [0.4, 0.5) is 0 Å². The topological polar surface area (TPSA) is 65.0 Å². The molecule has 0 aliphatic carbocycles. The molecule has 1 amide bonds. The van der Waals surface area contributed by atoms with Crippen LogP contribution in [0.25, 0.3) is 0 Å². The van der Waals surface area contributed by atoms with Crippen LogP contribution in [0.5, 0.6) is 11.5 Å². The minimum Gasteiger partial charge on any atom is -0.507 e. The van der Waals surface area contributed by atoms with E-state index in [-0.39, 0.29) is 17.2 Å². The highest BCUT2D eigenvalue weighted by Crippen LogP contribution is 2.23. The minimum atomic E-state index is -0.266. The number of aromatic hydroxyl groups is 1. The molecule has 2 aromatic rings. The van der Waals surface area contributed by atoms with Crippen LogP contribution in [0.15, 0.2) is 48.5 Å². The van der Waals surface area contributed by atoms with Gasteiger partial charge in [-0.3, -0.25) is 14.6 Å². The number of benzene rings is 2. The Balaban J connectivity index is 1.38. The molecule has 2 aromatic carbocycles. The van der Waals surface area contributed by atoms with E-state index >= 15 is 0 Å². The number of carbonyl (C=O) groups is 1. The highest BCUT2D eigenvalue weighted by Gasteiger charge is 2.17. The smallest absolute Gasteiger partial charge is 0.255 e. The predicted octanol–water partition coefficient (Wildman–Crippen LogP) is 1.95. The maximum atomic E-state index is 12.2. The Hall–Kier alpha value is -2.57. The van der Waals surface area contributed by atoms with E-state index in [0.717, 1.165) is 39.3 Å². The van der Waals surface area contributed by atoms with Gasteiger partial charge < -0.3 is 15.2 Å². The molecule has 6 nitrogen and oxygen atoms in total. The summed E-state index contributed by atoms with van der Waals surface area (Å²) in [5.74, 6) is 0.191. The second-order valence-corrected chi connectivity index (χ2v) is 6.74. The summed E-state index contributed by atoms with van der Waals surface area (Å²) in [6, 6.07) is 15.2. The Labute approximate surface area is 160 Å². The fourth-order valence-electron chi connectivity index (χ4n) is 3.27. The van der Waals surface area contributed by atoms with Crippen LogP contribution in [0.2, 0.25) is 0 Å². The van der Waals surface area contributed by atoms with Crippen molar-refractivity contribution in [1.29, 1.82) is 0 Å². The molecule has 0 unspecified atom stereocenters. The van der Waals surface area contributed by atoms with Crippen LogP contribution < -0.4 is 10.1 Å². The van der Waals surface area contributed by atoms with Gasteiger partial charge in [-0.2, -0.15) is 0 Å². The van der Waals surface area contributed by atoms with Crippen molar-refractivity contribution in [3.63, 3.8) is 0 Å². The van der Waals surface area contributed by atoms with Crippen molar-refractivity contribution >= 4 is 5.91 Å². The summed E-state index contributed by atoms with van der Waals surface area (Å²) < 4.78 is 5.03. The average molecular weight is 369 g/mol. The van der Waals surface area contributed by atoms with E-state index in [4.69, 9.17) is 4.74 Å². The summed E-state index contributed by atoms with van der Waals surface area (Å²) in [5.41, 5.74) is 1.61. The molecule has 1 aliphatic rings. The molecule has 0 spiro atoms. The Morgan fingerprint density at radius 2 is 1.78 bits per heavy atom. The largest absolute Gasteiger partial charge is 0.507 e. The van der Waals surface area contributed by atoms with Crippen LogP contribution in [-0.4, -0.2) is 67.2 Å². The maximum Gasteiger partial charge on any atom is 0.255 e. The van der Waals surface area contributed by atoms with Gasteiger partial charge in [0.25, 0.3) is 5.91 Å². The standard InChI is InChI=1S/C21H27N3O3/c1-27-18-7-8-19(20(25)15-18)21(26)22-9-10-23-11-13-24(14-12-23)16-17-5-3-2-4-6-17/h2-8,15,25H,9-14,16H2,1H3,(H,22,26). The zero-order chi connectivity index (χ0) is 19.1. The fraction of sp³-hybridized carbons (Fsp3) is 0.381. The van der Waals surface area contributed by atoms with Crippen molar-refractivity contribution in [1.82, 2.24) is 15.1 Å². The van der Waals surface area contributed by atoms with Crippen molar-refractivity contribution < 1.29 is 14.6 Å². The number of methoxy groups -OCH3 is 1. The van der Waals surface area contributed by atoms with Gasteiger partial charge in [-0.05, 0) is 17.7 Å². The summed E-state index contributed by atoms with van der Waals surface area (Å²) in [7, 11) is 1.52. The van der Waals surface area contributed by atoms with Gasteiger partial charge in [0, 0.05) is 51.9 Å². The lowest BCUT2D eigenvalue weighted by Gasteiger charge is -2.34. The third-order valence-electron chi connectivity index (χ3n) is 4.88. The first-order valence-electron chi connectivity index (χ1n) is 9.29. The van der Waals surface area contributed by atoms with Gasteiger partial charge in [0.05, 0.1) is 12.7 Å². The van der Waals surface area contributed by atoms with Crippen LogP contribution in [-0.2, 0) is 6.54 Å². The highest BCUT2D eigenvalue weighted by molar-refractivity contribution is 5.96. The number of phenolic OH excluding ortho intramolecular Hbond substituents is 1. The predicted molar refractivity (Wildman–Crippen MR) is 105 cm³/mol. The van der Waals surface area contributed by atoms with Crippen molar-refractivity contribution in [2.24, 2.45) is 0 Å². The summed E-state index contributed by atoms with van der Waals surface area (Å²) in [6.45, 7) is 6.41. The van der Waals surface area contributed by atoms with Gasteiger partial charge in [-0.1, -0.05) is 30.3 Å². The van der Waals surface area contributed by atoms with Gasteiger partial charge in [0.15, 0.2) is 0 Å². The van der Waals surface area contributed by atoms with Gasteiger partial charge in [0.1, 0.15) is 11.5 Å². The number of nitrogens with one attached hydrogen (secondary N) is 1. The van der Waals surface area contributed by atoms with Crippen molar-refractivity contribution in [3.05, 3.63) is 59.7 Å². The molecular formula is C21H27N3O3. The lowest BCUT2D eigenvalue weighted by molar-refractivity contribution is 0.0931. The average Bonchev–Trinajstić information content (AvgIpc) is 2.70. The summed E-state index contributed by atoms with van der Waals surface area (Å²) in [5, 5.41) is 12.8. The lowest BCUT2D eigenvalue weighted by atomic mass is 10.1. The van der Waals surface area contributed by atoms with E-state index in [1.165, 1.54) is 18.7 Å². The van der Waals surface area contributed by atoms with E-state index in [1.54, 1.807) is 12.1 Å². The Morgan fingerprint density at radius 3 is 2.44 bits per heavy atom. The van der Waals surface area contributed by atoms with E-state index in [2.05, 4.69) is 39.4 Å². The monoisotopic (exact) mass is 369 g/mol. The number of carbonyl (C=O) groups excluding carboxylic acids is 1. The normalized spacial score (nSPS) is 15.4. The first kappa shape index (κ1) is 19.2. The molecule has 0 aromatic heterocycles. The van der Waals surface area contributed by atoms with Gasteiger partial charge in [-0.15, -0.1) is 0 Å². The molecule has 1 fully saturated rings. The Morgan fingerprint density at radius 1 is 1.07 bits per heavy atom. The molecule has 1 heterocycles. The quantitative estimate of drug-likeness (QED) is 0.781. The van der Waals surface area contributed by atoms with Crippen molar-refractivity contribution in [2.75, 3.05) is 46.4 Å². The molecule has 144 valence electrons. The van der Waals surface area contributed by atoms with Crippen LogP contribution >= 0.6 is 0 Å². The Kier molecular flexibility index (Phi) is 6.68. The first-order valence-corrected chi connectivity index (χ1v) is 9.29. The molecule has 0 saturated carbocycles. The molecule has 0 atom stereocenters. The molecule has 3 rings (SSSR count). The summed E-state index contributed by atoms with van der Waals surface area (Å²) in [4.78, 5) is 17.0. The SMILES string of the molecule is COc1ccc(C(=O)NCCN2CCN(Cc3ccccc3)CC2)c(O)c1. The number of amides is 1. The highest BCUT2D eigenvalue weighted by atomic mass is 16.5. The minimum absolute atomic E-state index is 0.0682. The van der Waals surface area contributed by atoms with Crippen LogP contribution in [0.3, 0.4) is 0 Å². The van der Waals surface area contributed by atoms with Gasteiger partial charge in [0.2, 0.25) is 0 Å². The molecule has 1 aliphatic heterocycles. The second-order valence-electron chi connectivity index (χ2n) is 6.74.